The second-order valence-corrected chi connectivity index (χ2v) is 4.70. The number of nitrogens with zero attached hydrogens (tertiary/aromatic N) is 3. The molecule has 1 atom stereocenters. The van der Waals surface area contributed by atoms with Crippen molar-refractivity contribution in [3.63, 3.8) is 0 Å². The summed E-state index contributed by atoms with van der Waals surface area (Å²) >= 11 is 0. The quantitative estimate of drug-likeness (QED) is 0.649. The van der Waals surface area contributed by atoms with Crippen LogP contribution in [-0.4, -0.2) is 29.1 Å². The number of pyridine rings is 1. The Morgan fingerprint density at radius 3 is 3.10 bits per heavy atom. The van der Waals surface area contributed by atoms with E-state index < -0.39 is 4.92 Å². The number of rotatable bonds is 5. The molecule has 1 N–H and O–H groups in total. The first-order chi connectivity index (χ1) is 9.70. The zero-order valence-electron chi connectivity index (χ0n) is 11.0. The van der Waals surface area contributed by atoms with Crippen molar-refractivity contribution in [1.29, 1.82) is 5.26 Å². The predicted molar refractivity (Wildman–Crippen MR) is 71.4 cm³/mol. The summed E-state index contributed by atoms with van der Waals surface area (Å²) in [6.07, 6.45) is 5.57. The van der Waals surface area contributed by atoms with Gasteiger partial charge in [0.05, 0.1) is 17.1 Å². The molecule has 1 unspecified atom stereocenters. The van der Waals surface area contributed by atoms with E-state index in [4.69, 9.17) is 10.00 Å². The van der Waals surface area contributed by atoms with Crippen molar-refractivity contribution in [3.05, 3.63) is 27.9 Å². The molecule has 0 saturated carbocycles. The van der Waals surface area contributed by atoms with Crippen LogP contribution in [0.25, 0.3) is 0 Å². The van der Waals surface area contributed by atoms with E-state index in [-0.39, 0.29) is 17.1 Å². The van der Waals surface area contributed by atoms with Crippen LogP contribution in [0.15, 0.2) is 12.3 Å². The van der Waals surface area contributed by atoms with Crippen molar-refractivity contribution in [2.75, 3.05) is 13.2 Å². The van der Waals surface area contributed by atoms with Gasteiger partial charge in [-0.15, -0.1) is 0 Å². The second-order valence-electron chi connectivity index (χ2n) is 4.70. The molecule has 1 aromatic rings. The number of hydrogen-bond donors (Lipinski definition) is 1. The summed E-state index contributed by atoms with van der Waals surface area (Å²) in [5.74, 6) is -0.0233. The highest BCUT2D eigenvalue weighted by Crippen LogP contribution is 2.25. The number of ether oxygens (including phenoxy) is 1. The molecule has 20 heavy (non-hydrogen) atoms. The number of nitrogens with one attached hydrogen (secondary N) is 1. The van der Waals surface area contributed by atoms with Gasteiger partial charge in [-0.1, -0.05) is 6.42 Å². The van der Waals surface area contributed by atoms with Crippen LogP contribution < -0.4 is 10.1 Å². The van der Waals surface area contributed by atoms with E-state index in [1.54, 1.807) is 0 Å². The van der Waals surface area contributed by atoms with Gasteiger partial charge in [0, 0.05) is 18.3 Å². The van der Waals surface area contributed by atoms with E-state index >= 15 is 0 Å². The van der Waals surface area contributed by atoms with Gasteiger partial charge in [-0.25, -0.2) is 4.98 Å². The van der Waals surface area contributed by atoms with E-state index in [0.29, 0.717) is 12.6 Å². The van der Waals surface area contributed by atoms with Crippen LogP contribution >= 0.6 is 0 Å². The maximum absolute atomic E-state index is 10.9. The van der Waals surface area contributed by atoms with Gasteiger partial charge in [-0.2, -0.15) is 5.26 Å². The van der Waals surface area contributed by atoms with Crippen LogP contribution in [0.4, 0.5) is 5.69 Å². The van der Waals surface area contributed by atoms with Crippen molar-refractivity contribution in [3.8, 4) is 11.9 Å². The highest BCUT2D eigenvalue weighted by Gasteiger charge is 2.19. The van der Waals surface area contributed by atoms with Crippen molar-refractivity contribution in [2.24, 2.45) is 0 Å². The van der Waals surface area contributed by atoms with Gasteiger partial charge < -0.3 is 10.1 Å². The SMILES string of the molecule is N#Cc1cnc(OCCC2CCCCN2)c([N+](=O)[O-])c1. The highest BCUT2D eigenvalue weighted by atomic mass is 16.6. The third kappa shape index (κ3) is 3.65. The summed E-state index contributed by atoms with van der Waals surface area (Å²) in [6.45, 7) is 1.39. The molecule has 106 valence electrons. The van der Waals surface area contributed by atoms with Crippen LogP contribution in [0.1, 0.15) is 31.2 Å². The number of nitriles is 1. The van der Waals surface area contributed by atoms with Gasteiger partial charge in [0.1, 0.15) is 6.07 Å². The number of hydrogen-bond acceptors (Lipinski definition) is 6. The van der Waals surface area contributed by atoms with Crippen LogP contribution in [0, 0.1) is 21.4 Å². The van der Waals surface area contributed by atoms with Gasteiger partial charge >= 0.3 is 5.69 Å². The maximum atomic E-state index is 10.9. The predicted octanol–water partition coefficient (Wildman–Crippen LogP) is 1.77. The second kappa shape index (κ2) is 6.82. The topological polar surface area (TPSA) is 101 Å². The molecule has 1 saturated heterocycles. The third-order valence-electron chi connectivity index (χ3n) is 3.28. The monoisotopic (exact) mass is 276 g/mol. The highest BCUT2D eigenvalue weighted by molar-refractivity contribution is 5.46. The molecule has 1 aliphatic rings. The normalized spacial score (nSPS) is 18.2. The van der Waals surface area contributed by atoms with E-state index in [2.05, 4.69) is 10.3 Å². The molecular formula is C13H16N4O3. The lowest BCUT2D eigenvalue weighted by molar-refractivity contribution is -0.386. The first kappa shape index (κ1) is 14.2. The third-order valence-corrected chi connectivity index (χ3v) is 3.28. The fourth-order valence-electron chi connectivity index (χ4n) is 2.21. The first-order valence-corrected chi connectivity index (χ1v) is 6.61. The van der Waals surface area contributed by atoms with Gasteiger partial charge in [-0.05, 0) is 25.8 Å². The van der Waals surface area contributed by atoms with E-state index in [1.165, 1.54) is 25.1 Å². The molecule has 2 heterocycles. The molecule has 0 aromatic carbocycles. The van der Waals surface area contributed by atoms with E-state index in [0.717, 1.165) is 19.4 Å². The summed E-state index contributed by atoms with van der Waals surface area (Å²) < 4.78 is 5.40. The lowest BCUT2D eigenvalue weighted by atomic mass is 10.0. The van der Waals surface area contributed by atoms with Gasteiger partial charge in [0.2, 0.25) is 0 Å². The molecule has 1 fully saturated rings. The summed E-state index contributed by atoms with van der Waals surface area (Å²) in [4.78, 5) is 14.2. The molecule has 0 bridgehead atoms. The van der Waals surface area contributed by atoms with Crippen LogP contribution in [-0.2, 0) is 0 Å². The minimum Gasteiger partial charge on any atom is -0.473 e. The van der Waals surface area contributed by atoms with Gasteiger partial charge in [0.25, 0.3) is 5.88 Å². The Labute approximate surface area is 116 Å². The first-order valence-electron chi connectivity index (χ1n) is 6.61. The van der Waals surface area contributed by atoms with Crippen molar-refractivity contribution in [1.82, 2.24) is 10.3 Å². The molecule has 0 radical (unpaired) electrons. The summed E-state index contributed by atoms with van der Waals surface area (Å²) in [5.41, 5.74) is -0.112. The van der Waals surface area contributed by atoms with Crippen molar-refractivity contribution >= 4 is 5.69 Å². The fraction of sp³-hybridized carbons (Fsp3) is 0.538. The Hall–Kier alpha value is -2.20. The summed E-state index contributed by atoms with van der Waals surface area (Å²) in [6, 6.07) is 3.41. The Morgan fingerprint density at radius 2 is 2.45 bits per heavy atom. The molecule has 0 spiro atoms. The van der Waals surface area contributed by atoms with E-state index in [1.807, 2.05) is 6.07 Å². The minimum absolute atomic E-state index is 0.0233. The Morgan fingerprint density at radius 1 is 1.60 bits per heavy atom. The molecule has 1 aromatic heterocycles. The molecule has 1 aliphatic heterocycles. The van der Waals surface area contributed by atoms with Crippen LogP contribution in [0.3, 0.4) is 0 Å². The molecule has 7 nitrogen and oxygen atoms in total. The average Bonchev–Trinajstić information content (AvgIpc) is 2.48. The largest absolute Gasteiger partial charge is 0.473 e. The average molecular weight is 276 g/mol. The molecular weight excluding hydrogens is 260 g/mol. The number of nitro groups is 1. The molecule has 0 aliphatic carbocycles. The van der Waals surface area contributed by atoms with Crippen LogP contribution in [0.2, 0.25) is 0 Å². The zero-order valence-corrected chi connectivity index (χ0v) is 11.0. The molecule has 7 heteroatoms. The van der Waals surface area contributed by atoms with Crippen molar-refractivity contribution in [2.45, 2.75) is 31.7 Å². The lowest BCUT2D eigenvalue weighted by Gasteiger charge is -2.23. The van der Waals surface area contributed by atoms with Gasteiger partial charge in [-0.3, -0.25) is 10.1 Å². The molecule has 0 amide bonds. The summed E-state index contributed by atoms with van der Waals surface area (Å²) in [7, 11) is 0. The standard InChI is InChI=1S/C13H16N4O3/c14-8-10-7-12(17(18)19)13(16-9-10)20-6-4-11-3-1-2-5-15-11/h7,9,11,15H,1-6H2. The Kier molecular flexibility index (Phi) is 4.85. The summed E-state index contributed by atoms with van der Waals surface area (Å²) in [5, 5.41) is 23.0. The lowest BCUT2D eigenvalue weighted by Crippen LogP contribution is -2.35. The van der Waals surface area contributed by atoms with Crippen molar-refractivity contribution < 1.29 is 9.66 Å². The van der Waals surface area contributed by atoms with Gasteiger partial charge in [0.15, 0.2) is 0 Å². The smallest absolute Gasteiger partial charge is 0.332 e. The van der Waals surface area contributed by atoms with E-state index in [9.17, 15) is 10.1 Å². The maximum Gasteiger partial charge on any atom is 0.332 e. The Bertz CT molecular complexity index is 521. The van der Waals surface area contributed by atoms with Crippen LogP contribution in [0.5, 0.6) is 5.88 Å². The Balaban J connectivity index is 1.94. The molecule has 2 rings (SSSR count). The zero-order chi connectivity index (χ0) is 14.4. The minimum atomic E-state index is -0.581. The fourth-order valence-corrected chi connectivity index (χ4v) is 2.21. The number of piperidine rings is 1. The number of aromatic nitrogens is 1.